The van der Waals surface area contributed by atoms with Gasteiger partial charge in [0.05, 0.1) is 9.82 Å². The average Bonchev–Trinajstić information content (AvgIpc) is 2.51. The summed E-state index contributed by atoms with van der Waals surface area (Å²) in [4.78, 5) is 23.4. The van der Waals surface area contributed by atoms with Gasteiger partial charge in [-0.15, -0.1) is 0 Å². The Hall–Kier alpha value is -2.24. The SMILES string of the molecule is CNCCN(C)C(=O)CCNc1ccc(S(N)(=O)=O)cc1[N+](=O)[O-]. The highest BCUT2D eigenvalue weighted by molar-refractivity contribution is 7.89. The average molecular weight is 359 g/mol. The van der Waals surface area contributed by atoms with E-state index in [2.05, 4.69) is 10.6 Å². The first-order valence-corrected chi connectivity index (χ1v) is 8.65. The Morgan fingerprint density at radius 2 is 2.04 bits per heavy atom. The van der Waals surface area contributed by atoms with Crippen molar-refractivity contribution in [3.05, 3.63) is 28.3 Å². The van der Waals surface area contributed by atoms with Crippen molar-refractivity contribution in [2.45, 2.75) is 11.3 Å². The van der Waals surface area contributed by atoms with Crippen LogP contribution in [0.15, 0.2) is 23.1 Å². The van der Waals surface area contributed by atoms with Crippen molar-refractivity contribution in [2.24, 2.45) is 5.14 Å². The van der Waals surface area contributed by atoms with E-state index in [9.17, 15) is 23.3 Å². The minimum absolute atomic E-state index is 0.110. The number of nitrogens with two attached hydrogens (primary N) is 1. The van der Waals surface area contributed by atoms with Crippen LogP contribution in [0.5, 0.6) is 0 Å². The standard InChI is InChI=1S/C13H21N5O5S/c1-15-7-8-17(2)13(19)5-6-16-11-4-3-10(24(14,22)23)9-12(11)18(20)21/h3-4,9,15-16H,5-8H2,1-2H3,(H2,14,22,23). The van der Waals surface area contributed by atoms with Gasteiger partial charge in [-0.2, -0.15) is 0 Å². The lowest BCUT2D eigenvalue weighted by Gasteiger charge is -2.17. The van der Waals surface area contributed by atoms with Gasteiger partial charge >= 0.3 is 0 Å². The molecule has 0 atom stereocenters. The Kier molecular flexibility index (Phi) is 7.07. The first-order chi connectivity index (χ1) is 11.2. The molecular formula is C13H21N5O5S. The summed E-state index contributed by atoms with van der Waals surface area (Å²) in [5.41, 5.74) is -0.296. The van der Waals surface area contributed by atoms with Crippen molar-refractivity contribution in [1.29, 1.82) is 0 Å². The van der Waals surface area contributed by atoms with Crippen LogP contribution in [-0.4, -0.2) is 57.9 Å². The molecule has 1 rings (SSSR count). The highest BCUT2D eigenvalue weighted by Crippen LogP contribution is 2.27. The number of hydrogen-bond acceptors (Lipinski definition) is 7. The molecule has 11 heteroatoms. The van der Waals surface area contributed by atoms with E-state index < -0.39 is 20.6 Å². The van der Waals surface area contributed by atoms with Crippen molar-refractivity contribution in [1.82, 2.24) is 10.2 Å². The van der Waals surface area contributed by atoms with Crippen LogP contribution in [0.1, 0.15) is 6.42 Å². The van der Waals surface area contributed by atoms with Crippen LogP contribution in [0.4, 0.5) is 11.4 Å². The number of benzene rings is 1. The maximum Gasteiger partial charge on any atom is 0.293 e. The molecule has 134 valence electrons. The van der Waals surface area contributed by atoms with E-state index in [4.69, 9.17) is 5.14 Å². The number of amides is 1. The summed E-state index contributed by atoms with van der Waals surface area (Å²) in [6, 6.07) is 3.32. The molecule has 0 bridgehead atoms. The van der Waals surface area contributed by atoms with Gasteiger partial charge in [0.25, 0.3) is 5.69 Å². The second-order valence-electron chi connectivity index (χ2n) is 5.08. The van der Waals surface area contributed by atoms with Gasteiger partial charge in [-0.3, -0.25) is 14.9 Å². The van der Waals surface area contributed by atoms with E-state index in [1.807, 2.05) is 0 Å². The number of carbonyl (C=O) groups is 1. The van der Waals surface area contributed by atoms with Crippen molar-refractivity contribution in [3.8, 4) is 0 Å². The second-order valence-corrected chi connectivity index (χ2v) is 6.64. The van der Waals surface area contributed by atoms with E-state index >= 15 is 0 Å². The third-order valence-corrected chi connectivity index (χ3v) is 4.18. The molecule has 1 aromatic carbocycles. The lowest BCUT2D eigenvalue weighted by atomic mass is 10.2. The third-order valence-electron chi connectivity index (χ3n) is 3.27. The van der Waals surface area contributed by atoms with Gasteiger partial charge < -0.3 is 15.5 Å². The lowest BCUT2D eigenvalue weighted by molar-refractivity contribution is -0.384. The summed E-state index contributed by atoms with van der Waals surface area (Å²) in [5, 5.41) is 21.7. The highest BCUT2D eigenvalue weighted by atomic mass is 32.2. The predicted molar refractivity (Wildman–Crippen MR) is 89.1 cm³/mol. The van der Waals surface area contributed by atoms with E-state index in [1.54, 1.807) is 19.0 Å². The van der Waals surface area contributed by atoms with Gasteiger partial charge in [0.15, 0.2) is 0 Å². The molecular weight excluding hydrogens is 338 g/mol. The molecule has 0 aliphatic rings. The van der Waals surface area contributed by atoms with Crippen molar-refractivity contribution in [3.63, 3.8) is 0 Å². The smallest absolute Gasteiger partial charge is 0.293 e. The molecule has 10 nitrogen and oxygen atoms in total. The van der Waals surface area contributed by atoms with E-state index in [0.717, 1.165) is 6.07 Å². The number of carbonyl (C=O) groups excluding carboxylic acids is 1. The summed E-state index contributed by atoms with van der Waals surface area (Å²) < 4.78 is 22.5. The first-order valence-electron chi connectivity index (χ1n) is 7.10. The summed E-state index contributed by atoms with van der Waals surface area (Å²) in [7, 11) is -0.577. The van der Waals surface area contributed by atoms with Crippen LogP contribution in [0.25, 0.3) is 0 Å². The fourth-order valence-electron chi connectivity index (χ4n) is 1.89. The number of likely N-dealkylation sites (N-methyl/N-ethyl adjacent to an activating group) is 2. The largest absolute Gasteiger partial charge is 0.379 e. The molecule has 4 N–H and O–H groups in total. The molecule has 24 heavy (non-hydrogen) atoms. The minimum Gasteiger partial charge on any atom is -0.379 e. The zero-order valence-corrected chi connectivity index (χ0v) is 14.3. The third kappa shape index (κ3) is 5.76. The molecule has 0 spiro atoms. The Labute approximate surface area is 140 Å². The number of hydrogen-bond donors (Lipinski definition) is 3. The van der Waals surface area contributed by atoms with Gasteiger partial charge in [0.1, 0.15) is 5.69 Å². The normalized spacial score (nSPS) is 11.1. The molecule has 0 saturated carbocycles. The molecule has 0 unspecified atom stereocenters. The number of nitro groups is 1. The second kappa shape index (κ2) is 8.57. The maximum absolute atomic E-state index is 11.9. The minimum atomic E-state index is -4.03. The van der Waals surface area contributed by atoms with Crippen LogP contribution in [0.2, 0.25) is 0 Å². The van der Waals surface area contributed by atoms with E-state index in [0.29, 0.717) is 13.1 Å². The Morgan fingerprint density at radius 3 is 2.58 bits per heavy atom. The van der Waals surface area contributed by atoms with Crippen molar-refractivity contribution in [2.75, 3.05) is 39.0 Å². The zero-order chi connectivity index (χ0) is 18.3. The molecule has 0 aliphatic carbocycles. The van der Waals surface area contributed by atoms with Gasteiger partial charge in [-0.05, 0) is 19.2 Å². The first kappa shape index (κ1) is 19.8. The fourth-order valence-corrected chi connectivity index (χ4v) is 2.42. The zero-order valence-electron chi connectivity index (χ0n) is 13.5. The van der Waals surface area contributed by atoms with Crippen LogP contribution >= 0.6 is 0 Å². The van der Waals surface area contributed by atoms with Crippen molar-refractivity contribution < 1.29 is 18.1 Å². The summed E-state index contributed by atoms with van der Waals surface area (Å²) in [6.45, 7) is 1.40. The molecule has 0 fully saturated rings. The molecule has 0 saturated heterocycles. The quantitative estimate of drug-likeness (QED) is 0.406. The van der Waals surface area contributed by atoms with Gasteiger partial charge in [0, 0.05) is 39.2 Å². The van der Waals surface area contributed by atoms with Gasteiger partial charge in [-0.1, -0.05) is 0 Å². The van der Waals surface area contributed by atoms with E-state index in [1.165, 1.54) is 12.1 Å². The maximum atomic E-state index is 11.9. The van der Waals surface area contributed by atoms with Crippen LogP contribution in [0.3, 0.4) is 0 Å². The van der Waals surface area contributed by atoms with Gasteiger partial charge in [-0.25, -0.2) is 13.6 Å². The molecule has 1 aromatic rings. The van der Waals surface area contributed by atoms with Crippen LogP contribution in [-0.2, 0) is 14.8 Å². The Bertz CT molecular complexity index is 707. The van der Waals surface area contributed by atoms with Crippen molar-refractivity contribution >= 4 is 27.3 Å². The number of sulfonamides is 1. The topological polar surface area (TPSA) is 148 Å². The number of primary sulfonamides is 1. The predicted octanol–water partition coefficient (Wildman–Crippen LogP) is -0.278. The van der Waals surface area contributed by atoms with Gasteiger partial charge in [0.2, 0.25) is 15.9 Å². The highest BCUT2D eigenvalue weighted by Gasteiger charge is 2.19. The Balaban J connectivity index is 2.75. The summed E-state index contributed by atoms with van der Waals surface area (Å²) >= 11 is 0. The number of nitrogens with zero attached hydrogens (tertiary/aromatic N) is 2. The summed E-state index contributed by atoms with van der Waals surface area (Å²) in [5.74, 6) is -0.110. The molecule has 1 amide bonds. The Morgan fingerprint density at radius 1 is 1.38 bits per heavy atom. The lowest BCUT2D eigenvalue weighted by Crippen LogP contribution is -2.33. The van der Waals surface area contributed by atoms with E-state index in [-0.39, 0.29) is 29.5 Å². The molecule has 0 heterocycles. The summed E-state index contributed by atoms with van der Waals surface area (Å²) in [6.07, 6.45) is 0.147. The number of nitrogens with one attached hydrogen (secondary N) is 2. The van der Waals surface area contributed by atoms with Crippen LogP contribution < -0.4 is 15.8 Å². The molecule has 0 radical (unpaired) electrons. The monoisotopic (exact) mass is 359 g/mol. The number of anilines is 1. The fraction of sp³-hybridized carbons (Fsp3) is 0.462. The molecule has 0 aromatic heterocycles. The number of rotatable bonds is 9. The number of nitro benzene ring substituents is 1. The van der Waals surface area contributed by atoms with Crippen LogP contribution in [0, 0.1) is 10.1 Å². The molecule has 0 aliphatic heterocycles.